The molecule has 1 N–H and O–H groups in total. The van der Waals surface area contributed by atoms with Crippen molar-refractivity contribution >= 4 is 0 Å². The number of likely N-dealkylation sites (N-methyl/N-ethyl adjacent to an activating group) is 1. The summed E-state index contributed by atoms with van der Waals surface area (Å²) in [5.41, 5.74) is 2.46. The van der Waals surface area contributed by atoms with Crippen LogP contribution in [0.15, 0.2) is 6.07 Å². The van der Waals surface area contributed by atoms with E-state index in [0.29, 0.717) is 6.04 Å². The number of aromatic nitrogens is 2. The molecule has 0 radical (unpaired) electrons. The molecule has 3 atom stereocenters. The lowest BCUT2D eigenvalue weighted by atomic mass is 10.1. The van der Waals surface area contributed by atoms with Gasteiger partial charge in [-0.1, -0.05) is 6.92 Å². The molecule has 1 aliphatic rings. The van der Waals surface area contributed by atoms with Gasteiger partial charge in [0.2, 0.25) is 0 Å². The zero-order valence-electron chi connectivity index (χ0n) is 10.1. The smallest absolute Gasteiger partial charge is 0.0596 e. The van der Waals surface area contributed by atoms with E-state index in [1.165, 1.54) is 12.1 Å². The molecule has 1 saturated carbocycles. The zero-order valence-corrected chi connectivity index (χ0v) is 10.1. The molecule has 3 nitrogen and oxygen atoms in total. The molecule has 3 unspecified atom stereocenters. The first-order chi connectivity index (χ1) is 7.11. The molecule has 1 aliphatic carbocycles. The monoisotopic (exact) mass is 207 g/mol. The molecule has 0 spiro atoms. The third-order valence-electron chi connectivity index (χ3n) is 3.59. The lowest BCUT2D eigenvalue weighted by Gasteiger charge is -2.15. The van der Waals surface area contributed by atoms with Gasteiger partial charge < -0.3 is 5.32 Å². The van der Waals surface area contributed by atoms with Crippen molar-refractivity contribution in [1.82, 2.24) is 15.1 Å². The van der Waals surface area contributed by atoms with Gasteiger partial charge in [-0.25, -0.2) is 0 Å². The van der Waals surface area contributed by atoms with Crippen molar-refractivity contribution in [2.24, 2.45) is 18.9 Å². The second-order valence-electron chi connectivity index (χ2n) is 4.88. The van der Waals surface area contributed by atoms with Gasteiger partial charge in [-0.3, -0.25) is 4.68 Å². The summed E-state index contributed by atoms with van der Waals surface area (Å²) in [5, 5.41) is 7.82. The van der Waals surface area contributed by atoms with Gasteiger partial charge in [-0.05, 0) is 38.3 Å². The molecular weight excluding hydrogens is 186 g/mol. The van der Waals surface area contributed by atoms with E-state index >= 15 is 0 Å². The Balaban J connectivity index is 2.03. The lowest BCUT2D eigenvalue weighted by molar-refractivity contribution is 0.466. The van der Waals surface area contributed by atoms with Gasteiger partial charge in [0.1, 0.15) is 0 Å². The van der Waals surface area contributed by atoms with Crippen LogP contribution in [-0.2, 0) is 13.5 Å². The summed E-state index contributed by atoms with van der Waals surface area (Å²) in [7, 11) is 4.10. The number of rotatable bonds is 4. The van der Waals surface area contributed by atoms with Crippen molar-refractivity contribution in [2.45, 2.75) is 32.7 Å². The highest BCUT2D eigenvalue weighted by Crippen LogP contribution is 2.41. The summed E-state index contributed by atoms with van der Waals surface area (Å²) < 4.78 is 2.01. The Bertz CT molecular complexity index is 343. The van der Waals surface area contributed by atoms with E-state index in [9.17, 15) is 0 Å². The highest BCUT2D eigenvalue weighted by Gasteiger charge is 2.38. The van der Waals surface area contributed by atoms with Crippen LogP contribution in [0.5, 0.6) is 0 Å². The van der Waals surface area contributed by atoms with Crippen LogP contribution < -0.4 is 5.32 Å². The van der Waals surface area contributed by atoms with Gasteiger partial charge >= 0.3 is 0 Å². The van der Waals surface area contributed by atoms with Crippen LogP contribution in [0.4, 0.5) is 0 Å². The van der Waals surface area contributed by atoms with Crippen molar-refractivity contribution < 1.29 is 0 Å². The maximum absolute atomic E-state index is 4.39. The van der Waals surface area contributed by atoms with E-state index in [1.54, 1.807) is 0 Å². The van der Waals surface area contributed by atoms with Crippen LogP contribution in [-0.4, -0.2) is 22.9 Å². The molecule has 2 rings (SSSR count). The molecule has 3 heteroatoms. The largest absolute Gasteiger partial charge is 0.316 e. The maximum atomic E-state index is 4.39. The van der Waals surface area contributed by atoms with Crippen LogP contribution in [0.1, 0.15) is 24.7 Å². The second kappa shape index (κ2) is 3.97. The number of nitrogens with one attached hydrogen (secondary N) is 1. The highest BCUT2D eigenvalue weighted by molar-refractivity contribution is 5.11. The average Bonchev–Trinajstić information content (AvgIpc) is 2.80. The second-order valence-corrected chi connectivity index (χ2v) is 4.88. The fourth-order valence-electron chi connectivity index (χ4n) is 2.46. The lowest BCUT2D eigenvalue weighted by Crippen LogP contribution is -2.31. The molecule has 15 heavy (non-hydrogen) atoms. The van der Waals surface area contributed by atoms with Crippen LogP contribution in [0.25, 0.3) is 0 Å². The van der Waals surface area contributed by atoms with Gasteiger partial charge in [-0.2, -0.15) is 5.10 Å². The van der Waals surface area contributed by atoms with Crippen LogP contribution in [0.2, 0.25) is 0 Å². The van der Waals surface area contributed by atoms with E-state index in [1.807, 2.05) is 11.7 Å². The van der Waals surface area contributed by atoms with Crippen LogP contribution >= 0.6 is 0 Å². The number of aryl methyl sites for hydroxylation is 2. The Labute approximate surface area is 91.9 Å². The topological polar surface area (TPSA) is 29.9 Å². The predicted molar refractivity (Wildman–Crippen MR) is 61.8 cm³/mol. The van der Waals surface area contributed by atoms with Gasteiger partial charge in [0.25, 0.3) is 0 Å². The molecule has 1 heterocycles. The van der Waals surface area contributed by atoms with E-state index in [4.69, 9.17) is 0 Å². The van der Waals surface area contributed by atoms with Crippen molar-refractivity contribution in [3.8, 4) is 0 Å². The van der Waals surface area contributed by atoms with Crippen molar-refractivity contribution in [1.29, 1.82) is 0 Å². The summed E-state index contributed by atoms with van der Waals surface area (Å²) in [4.78, 5) is 0. The Kier molecular flexibility index (Phi) is 2.83. The summed E-state index contributed by atoms with van der Waals surface area (Å²) in [5.74, 6) is 1.77. The molecule has 1 aromatic heterocycles. The fraction of sp³-hybridized carbons (Fsp3) is 0.750. The van der Waals surface area contributed by atoms with Crippen molar-refractivity contribution in [2.75, 3.05) is 7.05 Å². The average molecular weight is 207 g/mol. The Morgan fingerprint density at radius 1 is 1.67 bits per heavy atom. The Morgan fingerprint density at radius 2 is 2.33 bits per heavy atom. The van der Waals surface area contributed by atoms with E-state index in [0.717, 1.165) is 24.0 Å². The minimum absolute atomic E-state index is 0.620. The predicted octanol–water partition coefficient (Wildman–Crippen LogP) is 1.52. The van der Waals surface area contributed by atoms with Gasteiger partial charge in [0.05, 0.1) is 5.69 Å². The normalized spacial score (nSPS) is 26.7. The zero-order chi connectivity index (χ0) is 11.0. The maximum Gasteiger partial charge on any atom is 0.0596 e. The summed E-state index contributed by atoms with van der Waals surface area (Å²) >= 11 is 0. The Morgan fingerprint density at radius 3 is 2.73 bits per heavy atom. The highest BCUT2D eigenvalue weighted by atomic mass is 15.3. The molecular formula is C12H21N3. The minimum Gasteiger partial charge on any atom is -0.316 e. The standard InChI is InChI=1S/C12H21N3/c1-8-5-11(8)12(13-3)7-10-6-9(2)14-15(10)4/h6,8,11-13H,5,7H2,1-4H3. The number of hydrogen-bond donors (Lipinski definition) is 1. The molecule has 0 amide bonds. The SMILES string of the molecule is CNC(Cc1cc(C)nn1C)C1CC1C. The van der Waals surface area contributed by atoms with Gasteiger partial charge in [0.15, 0.2) is 0 Å². The molecule has 0 aromatic carbocycles. The molecule has 0 saturated heterocycles. The van der Waals surface area contributed by atoms with Crippen molar-refractivity contribution in [3.05, 3.63) is 17.5 Å². The first-order valence-corrected chi connectivity index (χ1v) is 5.78. The molecule has 84 valence electrons. The Hall–Kier alpha value is -0.830. The summed E-state index contributed by atoms with van der Waals surface area (Å²) in [6.07, 6.45) is 2.48. The third kappa shape index (κ3) is 2.23. The van der Waals surface area contributed by atoms with E-state index < -0.39 is 0 Å². The first-order valence-electron chi connectivity index (χ1n) is 5.78. The number of nitrogens with zero attached hydrogens (tertiary/aromatic N) is 2. The third-order valence-corrected chi connectivity index (χ3v) is 3.59. The minimum atomic E-state index is 0.620. The van der Waals surface area contributed by atoms with Crippen LogP contribution in [0, 0.1) is 18.8 Å². The van der Waals surface area contributed by atoms with Crippen LogP contribution in [0.3, 0.4) is 0 Å². The van der Waals surface area contributed by atoms with E-state index in [2.05, 4.69) is 37.4 Å². The quantitative estimate of drug-likeness (QED) is 0.811. The molecule has 0 bridgehead atoms. The number of hydrogen-bond acceptors (Lipinski definition) is 2. The molecule has 1 aromatic rings. The molecule has 1 fully saturated rings. The summed E-state index contributed by atoms with van der Waals surface area (Å²) in [6.45, 7) is 4.39. The summed E-state index contributed by atoms with van der Waals surface area (Å²) in [6, 6.07) is 2.81. The van der Waals surface area contributed by atoms with Crippen molar-refractivity contribution in [3.63, 3.8) is 0 Å². The first kappa shape index (κ1) is 10.7. The molecule has 0 aliphatic heterocycles. The fourth-order valence-corrected chi connectivity index (χ4v) is 2.46. The van der Waals surface area contributed by atoms with E-state index in [-0.39, 0.29) is 0 Å². The van der Waals surface area contributed by atoms with Gasteiger partial charge in [-0.15, -0.1) is 0 Å². The van der Waals surface area contributed by atoms with Gasteiger partial charge in [0, 0.05) is 25.2 Å².